The highest BCUT2D eigenvalue weighted by Crippen LogP contribution is 2.32. The number of benzene rings is 1. The maximum atomic E-state index is 12.5. The number of ketones is 1. The molecule has 1 aromatic rings. The predicted octanol–water partition coefficient (Wildman–Crippen LogP) is 5.14. The van der Waals surface area contributed by atoms with Gasteiger partial charge in [0, 0.05) is 16.5 Å². The molecule has 18 heavy (non-hydrogen) atoms. The number of carbonyl (C=O) groups is 1. The highest BCUT2D eigenvalue weighted by Gasteiger charge is 2.22. The van der Waals surface area contributed by atoms with Crippen LogP contribution in [0.25, 0.3) is 0 Å². The van der Waals surface area contributed by atoms with Crippen LogP contribution in [0.3, 0.4) is 0 Å². The molecule has 0 heterocycles. The Bertz CT molecular complexity index is 470. The molecule has 0 saturated heterocycles. The highest BCUT2D eigenvalue weighted by atomic mass is 79.9. The van der Waals surface area contributed by atoms with E-state index in [0.29, 0.717) is 11.7 Å². The van der Waals surface area contributed by atoms with Crippen LogP contribution in [0.5, 0.6) is 0 Å². The Hall–Kier alpha value is -0.630. The number of halogens is 1. The summed E-state index contributed by atoms with van der Waals surface area (Å²) in [5.74, 6) is 0.953. The molecule has 0 unspecified atom stereocenters. The molecular formula is C16H21BrO. The topological polar surface area (TPSA) is 17.1 Å². The Morgan fingerprint density at radius 2 is 1.83 bits per heavy atom. The Labute approximate surface area is 118 Å². The second-order valence-electron chi connectivity index (χ2n) is 5.60. The smallest absolute Gasteiger partial charge is 0.163 e. The van der Waals surface area contributed by atoms with Gasteiger partial charge in [0.15, 0.2) is 5.78 Å². The van der Waals surface area contributed by atoms with Crippen molar-refractivity contribution >= 4 is 21.7 Å². The molecule has 0 atom stereocenters. The maximum absolute atomic E-state index is 12.5. The van der Waals surface area contributed by atoms with Gasteiger partial charge in [-0.3, -0.25) is 4.79 Å². The Morgan fingerprint density at radius 1 is 1.22 bits per heavy atom. The minimum Gasteiger partial charge on any atom is -0.294 e. The van der Waals surface area contributed by atoms with Crippen LogP contribution in [-0.2, 0) is 0 Å². The van der Waals surface area contributed by atoms with Crippen molar-refractivity contribution in [2.45, 2.75) is 52.9 Å². The molecule has 1 saturated carbocycles. The number of hydrogen-bond acceptors (Lipinski definition) is 1. The summed E-state index contributed by atoms with van der Waals surface area (Å²) in [5, 5.41) is 0. The van der Waals surface area contributed by atoms with Crippen LogP contribution in [-0.4, -0.2) is 5.78 Å². The average Bonchev–Trinajstić information content (AvgIpc) is 2.78. The number of rotatable bonds is 3. The summed E-state index contributed by atoms with van der Waals surface area (Å²) in [6.07, 6.45) is 5.80. The van der Waals surface area contributed by atoms with Crippen LogP contribution in [0.2, 0.25) is 0 Å². The van der Waals surface area contributed by atoms with Crippen LogP contribution in [0.15, 0.2) is 10.5 Å². The molecule has 0 bridgehead atoms. The lowest BCUT2D eigenvalue weighted by atomic mass is 9.91. The van der Waals surface area contributed by atoms with Crippen molar-refractivity contribution in [1.82, 2.24) is 0 Å². The zero-order valence-electron chi connectivity index (χ0n) is 11.5. The zero-order valence-corrected chi connectivity index (χ0v) is 13.1. The van der Waals surface area contributed by atoms with E-state index in [1.54, 1.807) is 0 Å². The van der Waals surface area contributed by atoms with E-state index >= 15 is 0 Å². The first-order valence-electron chi connectivity index (χ1n) is 6.80. The summed E-state index contributed by atoms with van der Waals surface area (Å²) >= 11 is 3.59. The molecule has 2 rings (SSSR count). The van der Waals surface area contributed by atoms with Crippen LogP contribution in [0.1, 0.15) is 59.2 Å². The van der Waals surface area contributed by atoms with Crippen molar-refractivity contribution in [2.24, 2.45) is 5.92 Å². The fourth-order valence-corrected chi connectivity index (χ4v) is 3.48. The molecule has 0 spiro atoms. The summed E-state index contributed by atoms with van der Waals surface area (Å²) in [4.78, 5) is 12.5. The first kappa shape index (κ1) is 13.8. The van der Waals surface area contributed by atoms with Gasteiger partial charge in [-0.15, -0.1) is 0 Å². The monoisotopic (exact) mass is 308 g/mol. The van der Waals surface area contributed by atoms with Crippen molar-refractivity contribution in [3.63, 3.8) is 0 Å². The quantitative estimate of drug-likeness (QED) is 0.707. The molecule has 1 aliphatic rings. The Kier molecular flexibility index (Phi) is 4.26. The van der Waals surface area contributed by atoms with Gasteiger partial charge < -0.3 is 0 Å². The molecule has 1 fully saturated rings. The Morgan fingerprint density at radius 3 is 2.44 bits per heavy atom. The fraction of sp³-hybridized carbons (Fsp3) is 0.562. The van der Waals surface area contributed by atoms with Crippen molar-refractivity contribution in [3.8, 4) is 0 Å². The minimum atomic E-state index is 0.331. The highest BCUT2D eigenvalue weighted by molar-refractivity contribution is 9.10. The third kappa shape index (κ3) is 2.69. The average molecular weight is 309 g/mol. The molecule has 0 N–H and O–H groups in total. The van der Waals surface area contributed by atoms with Crippen molar-refractivity contribution < 1.29 is 4.79 Å². The number of aryl methyl sites for hydroxylation is 2. The van der Waals surface area contributed by atoms with E-state index in [1.807, 2.05) is 13.8 Å². The molecule has 1 aromatic carbocycles. The summed E-state index contributed by atoms with van der Waals surface area (Å²) < 4.78 is 1.09. The lowest BCUT2D eigenvalue weighted by molar-refractivity contribution is 0.0961. The van der Waals surface area contributed by atoms with Crippen LogP contribution >= 0.6 is 15.9 Å². The SMILES string of the molecule is Cc1cc(C)c(C(=O)CC2CCCC2)c(C)c1Br. The van der Waals surface area contributed by atoms with Gasteiger partial charge in [0.25, 0.3) is 0 Å². The number of carbonyl (C=O) groups excluding carboxylic acids is 1. The largest absolute Gasteiger partial charge is 0.294 e. The summed E-state index contributed by atoms with van der Waals surface area (Å²) in [6, 6.07) is 2.11. The Balaban J connectivity index is 2.26. The van der Waals surface area contributed by atoms with Gasteiger partial charge in [-0.1, -0.05) is 47.7 Å². The van der Waals surface area contributed by atoms with E-state index < -0.39 is 0 Å². The van der Waals surface area contributed by atoms with Gasteiger partial charge >= 0.3 is 0 Å². The summed E-state index contributed by atoms with van der Waals surface area (Å²) in [5.41, 5.74) is 4.38. The molecule has 0 amide bonds. The van der Waals surface area contributed by atoms with E-state index in [-0.39, 0.29) is 0 Å². The first-order valence-corrected chi connectivity index (χ1v) is 7.59. The second-order valence-corrected chi connectivity index (χ2v) is 6.40. The minimum absolute atomic E-state index is 0.331. The molecule has 2 heteroatoms. The molecule has 98 valence electrons. The van der Waals surface area contributed by atoms with E-state index in [4.69, 9.17) is 0 Å². The number of hydrogen-bond donors (Lipinski definition) is 0. The van der Waals surface area contributed by atoms with Crippen molar-refractivity contribution in [3.05, 3.63) is 32.8 Å². The molecule has 1 aliphatic carbocycles. The standard InChI is InChI=1S/C16H21BrO/c1-10-8-11(2)16(17)12(3)15(10)14(18)9-13-6-4-5-7-13/h8,13H,4-7,9H2,1-3H3. The van der Waals surface area contributed by atoms with Gasteiger partial charge in [-0.05, 0) is 43.4 Å². The van der Waals surface area contributed by atoms with E-state index in [2.05, 4.69) is 28.9 Å². The molecule has 0 aliphatic heterocycles. The third-order valence-electron chi connectivity index (χ3n) is 4.11. The van der Waals surface area contributed by atoms with Gasteiger partial charge in [0.05, 0.1) is 0 Å². The lowest BCUT2D eigenvalue weighted by Crippen LogP contribution is -2.10. The van der Waals surface area contributed by atoms with Crippen LogP contribution in [0, 0.1) is 26.7 Å². The van der Waals surface area contributed by atoms with Crippen LogP contribution in [0.4, 0.5) is 0 Å². The van der Waals surface area contributed by atoms with E-state index in [0.717, 1.165) is 27.6 Å². The third-order valence-corrected chi connectivity index (χ3v) is 5.33. The fourth-order valence-electron chi connectivity index (χ4n) is 3.17. The molecule has 0 radical (unpaired) electrons. The number of Topliss-reactive ketones (excluding diaryl/α,β-unsaturated/α-hetero) is 1. The van der Waals surface area contributed by atoms with Gasteiger partial charge in [0.1, 0.15) is 0 Å². The molecule has 0 aromatic heterocycles. The van der Waals surface area contributed by atoms with Gasteiger partial charge in [0.2, 0.25) is 0 Å². The molecule has 1 nitrogen and oxygen atoms in total. The van der Waals surface area contributed by atoms with E-state index in [9.17, 15) is 4.79 Å². The normalized spacial score (nSPS) is 16.2. The van der Waals surface area contributed by atoms with Crippen molar-refractivity contribution in [2.75, 3.05) is 0 Å². The maximum Gasteiger partial charge on any atom is 0.163 e. The second kappa shape index (κ2) is 5.56. The van der Waals surface area contributed by atoms with Crippen LogP contribution < -0.4 is 0 Å². The predicted molar refractivity (Wildman–Crippen MR) is 79.3 cm³/mol. The first-order chi connectivity index (χ1) is 8.50. The molecular weight excluding hydrogens is 288 g/mol. The summed E-state index contributed by atoms with van der Waals surface area (Å²) in [6.45, 7) is 6.18. The van der Waals surface area contributed by atoms with Crippen molar-refractivity contribution in [1.29, 1.82) is 0 Å². The van der Waals surface area contributed by atoms with E-state index in [1.165, 1.54) is 31.2 Å². The van der Waals surface area contributed by atoms with Gasteiger partial charge in [-0.2, -0.15) is 0 Å². The summed E-state index contributed by atoms with van der Waals surface area (Å²) in [7, 11) is 0. The van der Waals surface area contributed by atoms with Gasteiger partial charge in [-0.25, -0.2) is 0 Å². The lowest BCUT2D eigenvalue weighted by Gasteiger charge is -2.15. The zero-order chi connectivity index (χ0) is 13.3.